The van der Waals surface area contributed by atoms with Gasteiger partial charge in [-0.3, -0.25) is 4.90 Å². The third-order valence-electron chi connectivity index (χ3n) is 3.61. The van der Waals surface area contributed by atoms with E-state index >= 15 is 0 Å². The summed E-state index contributed by atoms with van der Waals surface area (Å²) in [6, 6.07) is 5.33. The van der Waals surface area contributed by atoms with Gasteiger partial charge in [-0.25, -0.2) is 4.39 Å². The summed E-state index contributed by atoms with van der Waals surface area (Å²) in [6.45, 7) is 4.98. The Balaban J connectivity index is 2.00. The first-order valence-electron chi connectivity index (χ1n) is 6.47. The number of nitrogens with two attached hydrogens (primary N) is 1. The second kappa shape index (κ2) is 6.13. The third-order valence-corrected chi connectivity index (χ3v) is 4.07. The van der Waals surface area contributed by atoms with Crippen molar-refractivity contribution in [1.29, 1.82) is 0 Å². The van der Waals surface area contributed by atoms with Crippen molar-refractivity contribution < 1.29 is 4.39 Å². The van der Waals surface area contributed by atoms with Gasteiger partial charge < -0.3 is 5.73 Å². The molecule has 1 saturated heterocycles. The molecule has 100 valence electrons. The highest BCUT2D eigenvalue weighted by molar-refractivity contribution is 9.10. The fourth-order valence-electron chi connectivity index (χ4n) is 2.62. The lowest BCUT2D eigenvalue weighted by molar-refractivity contribution is 0.154. The van der Waals surface area contributed by atoms with E-state index in [1.54, 1.807) is 6.07 Å². The SMILES string of the molecule is CC(N)C1CCCN(Cc2cc(F)cc(Br)c2)C1. The Labute approximate surface area is 116 Å². The van der Waals surface area contributed by atoms with Gasteiger partial charge in [-0.2, -0.15) is 0 Å². The Morgan fingerprint density at radius 2 is 2.28 bits per heavy atom. The molecule has 0 bridgehead atoms. The highest BCUT2D eigenvalue weighted by Crippen LogP contribution is 2.22. The first kappa shape index (κ1) is 14.0. The molecule has 0 radical (unpaired) electrons. The zero-order chi connectivity index (χ0) is 13.1. The summed E-state index contributed by atoms with van der Waals surface area (Å²) in [5, 5.41) is 0. The zero-order valence-electron chi connectivity index (χ0n) is 10.7. The van der Waals surface area contributed by atoms with E-state index in [9.17, 15) is 4.39 Å². The monoisotopic (exact) mass is 314 g/mol. The van der Waals surface area contributed by atoms with Gasteiger partial charge >= 0.3 is 0 Å². The Kier molecular flexibility index (Phi) is 4.76. The Hall–Kier alpha value is -0.450. The first-order valence-corrected chi connectivity index (χ1v) is 7.27. The number of hydrogen-bond acceptors (Lipinski definition) is 2. The molecule has 1 aliphatic rings. The molecule has 2 atom stereocenters. The van der Waals surface area contributed by atoms with E-state index in [0.29, 0.717) is 5.92 Å². The van der Waals surface area contributed by atoms with Crippen molar-refractivity contribution in [1.82, 2.24) is 4.90 Å². The van der Waals surface area contributed by atoms with Crippen LogP contribution in [0.25, 0.3) is 0 Å². The van der Waals surface area contributed by atoms with Crippen LogP contribution in [0.2, 0.25) is 0 Å². The van der Waals surface area contributed by atoms with Crippen LogP contribution in [0.5, 0.6) is 0 Å². The topological polar surface area (TPSA) is 29.3 Å². The van der Waals surface area contributed by atoms with Crippen molar-refractivity contribution in [2.24, 2.45) is 11.7 Å². The normalized spacial score (nSPS) is 23.0. The average Bonchev–Trinajstić information content (AvgIpc) is 2.27. The van der Waals surface area contributed by atoms with Gasteiger partial charge in [-0.1, -0.05) is 15.9 Å². The van der Waals surface area contributed by atoms with E-state index in [2.05, 4.69) is 27.8 Å². The van der Waals surface area contributed by atoms with Gasteiger partial charge in [-0.15, -0.1) is 0 Å². The lowest BCUT2D eigenvalue weighted by Crippen LogP contribution is -2.41. The molecule has 18 heavy (non-hydrogen) atoms. The lowest BCUT2D eigenvalue weighted by atomic mass is 9.92. The Bertz CT molecular complexity index is 389. The first-order chi connectivity index (χ1) is 8.54. The summed E-state index contributed by atoms with van der Waals surface area (Å²) in [4.78, 5) is 2.37. The minimum atomic E-state index is -0.180. The molecule has 0 aromatic heterocycles. The molecular weight excluding hydrogens is 295 g/mol. The van der Waals surface area contributed by atoms with Gasteiger partial charge in [0, 0.05) is 23.6 Å². The summed E-state index contributed by atoms with van der Waals surface area (Å²) in [5.74, 6) is 0.385. The van der Waals surface area contributed by atoms with Crippen molar-refractivity contribution in [3.05, 3.63) is 34.1 Å². The molecule has 1 heterocycles. The van der Waals surface area contributed by atoms with Gasteiger partial charge in [0.15, 0.2) is 0 Å². The average molecular weight is 315 g/mol. The highest BCUT2D eigenvalue weighted by atomic mass is 79.9. The summed E-state index contributed by atoms with van der Waals surface area (Å²) in [6.07, 6.45) is 2.39. The Morgan fingerprint density at radius 3 is 2.94 bits per heavy atom. The molecule has 1 aromatic rings. The maximum atomic E-state index is 13.3. The molecule has 0 aliphatic carbocycles. The number of hydrogen-bond donors (Lipinski definition) is 1. The molecule has 2 unspecified atom stereocenters. The van der Waals surface area contributed by atoms with E-state index in [-0.39, 0.29) is 11.9 Å². The molecule has 0 saturated carbocycles. The second-order valence-corrected chi connectivity index (χ2v) is 6.19. The van der Waals surface area contributed by atoms with Crippen molar-refractivity contribution >= 4 is 15.9 Å². The maximum Gasteiger partial charge on any atom is 0.124 e. The molecule has 0 spiro atoms. The Morgan fingerprint density at radius 1 is 1.50 bits per heavy atom. The van der Waals surface area contributed by atoms with Crippen LogP contribution in [-0.2, 0) is 6.54 Å². The molecule has 2 rings (SSSR count). The molecular formula is C14H20BrFN2. The van der Waals surface area contributed by atoms with Gasteiger partial charge in [0.25, 0.3) is 0 Å². The van der Waals surface area contributed by atoms with Crippen molar-refractivity contribution in [2.45, 2.75) is 32.4 Å². The summed E-state index contributed by atoms with van der Waals surface area (Å²) in [7, 11) is 0. The number of rotatable bonds is 3. The fourth-order valence-corrected chi connectivity index (χ4v) is 3.14. The number of benzene rings is 1. The van der Waals surface area contributed by atoms with Crippen LogP contribution in [0.3, 0.4) is 0 Å². The van der Waals surface area contributed by atoms with Crippen molar-refractivity contribution in [3.8, 4) is 0 Å². The van der Waals surface area contributed by atoms with Crippen LogP contribution >= 0.6 is 15.9 Å². The minimum absolute atomic E-state index is 0.180. The summed E-state index contributed by atoms with van der Waals surface area (Å²) >= 11 is 3.33. The van der Waals surface area contributed by atoms with Crippen LogP contribution in [0, 0.1) is 11.7 Å². The lowest BCUT2D eigenvalue weighted by Gasteiger charge is -2.34. The maximum absolute atomic E-state index is 13.3. The van der Waals surface area contributed by atoms with Crippen LogP contribution in [0.1, 0.15) is 25.3 Å². The predicted octanol–water partition coefficient (Wildman–Crippen LogP) is 3.15. The van der Waals surface area contributed by atoms with Crippen LogP contribution in [0.4, 0.5) is 4.39 Å². The molecule has 2 nitrogen and oxygen atoms in total. The fraction of sp³-hybridized carbons (Fsp3) is 0.571. The van der Waals surface area contributed by atoms with E-state index in [1.165, 1.54) is 18.9 Å². The van der Waals surface area contributed by atoms with E-state index in [1.807, 2.05) is 6.07 Å². The molecule has 1 fully saturated rings. The second-order valence-electron chi connectivity index (χ2n) is 5.27. The molecule has 1 aliphatic heterocycles. The van der Waals surface area contributed by atoms with E-state index in [4.69, 9.17) is 5.73 Å². The summed E-state index contributed by atoms with van der Waals surface area (Å²) in [5.41, 5.74) is 7.00. The number of likely N-dealkylation sites (tertiary alicyclic amines) is 1. The molecule has 0 amide bonds. The third kappa shape index (κ3) is 3.77. The summed E-state index contributed by atoms with van der Waals surface area (Å²) < 4.78 is 14.1. The van der Waals surface area contributed by atoms with Gasteiger partial charge in [-0.05, 0) is 56.0 Å². The zero-order valence-corrected chi connectivity index (χ0v) is 12.3. The molecule has 2 N–H and O–H groups in total. The van der Waals surface area contributed by atoms with Crippen LogP contribution < -0.4 is 5.73 Å². The standard InChI is InChI=1S/C14H20BrFN2/c1-10(17)12-3-2-4-18(9-12)8-11-5-13(15)7-14(16)6-11/h5-7,10,12H,2-4,8-9,17H2,1H3. The number of nitrogens with zero attached hydrogens (tertiary/aromatic N) is 1. The minimum Gasteiger partial charge on any atom is -0.328 e. The largest absolute Gasteiger partial charge is 0.328 e. The number of halogens is 2. The predicted molar refractivity (Wildman–Crippen MR) is 75.8 cm³/mol. The van der Waals surface area contributed by atoms with E-state index in [0.717, 1.165) is 29.7 Å². The van der Waals surface area contributed by atoms with Crippen LogP contribution in [0.15, 0.2) is 22.7 Å². The molecule has 4 heteroatoms. The molecule has 1 aromatic carbocycles. The van der Waals surface area contributed by atoms with Gasteiger partial charge in [0.2, 0.25) is 0 Å². The highest BCUT2D eigenvalue weighted by Gasteiger charge is 2.22. The van der Waals surface area contributed by atoms with Crippen molar-refractivity contribution in [2.75, 3.05) is 13.1 Å². The smallest absolute Gasteiger partial charge is 0.124 e. The van der Waals surface area contributed by atoms with Crippen LogP contribution in [-0.4, -0.2) is 24.0 Å². The van der Waals surface area contributed by atoms with Gasteiger partial charge in [0.05, 0.1) is 0 Å². The quantitative estimate of drug-likeness (QED) is 0.928. The van der Waals surface area contributed by atoms with Gasteiger partial charge in [0.1, 0.15) is 5.82 Å². The number of piperidine rings is 1. The van der Waals surface area contributed by atoms with E-state index < -0.39 is 0 Å². The van der Waals surface area contributed by atoms with Crippen molar-refractivity contribution in [3.63, 3.8) is 0 Å².